The first-order chi connectivity index (χ1) is 44.9. The maximum Gasteiger partial charge on any atom is 0.313 e. The molecule has 0 saturated heterocycles. The average Bonchev–Trinajstić information content (AvgIpc) is 1.41. The number of ketones is 1. The van der Waals surface area contributed by atoms with Gasteiger partial charge in [-0.2, -0.15) is 0 Å². The van der Waals surface area contributed by atoms with Gasteiger partial charge in [-0.3, -0.25) is 28.8 Å². The minimum atomic E-state index is -0.469. The molecule has 0 amide bonds. The summed E-state index contributed by atoms with van der Waals surface area (Å²) >= 11 is 0. The van der Waals surface area contributed by atoms with Crippen molar-refractivity contribution >= 4 is 35.6 Å². The molecule has 15 aliphatic carbocycles. The zero-order valence-corrected chi connectivity index (χ0v) is 62.1. The Labute approximate surface area is 647 Å². The summed E-state index contributed by atoms with van der Waals surface area (Å²) in [5.41, 5.74) is -1.64. The Morgan fingerprint density at radius 2 is 0.686 bits per heavy atom. The lowest BCUT2D eigenvalue weighted by Crippen LogP contribution is -2.55. The van der Waals surface area contributed by atoms with Crippen molar-refractivity contribution in [3.63, 3.8) is 0 Å². The van der Waals surface area contributed by atoms with Gasteiger partial charge >= 0.3 is 29.8 Å². The van der Waals surface area contributed by atoms with Gasteiger partial charge in [0.2, 0.25) is 0 Å². The highest BCUT2D eigenvalue weighted by Gasteiger charge is 2.55. The summed E-state index contributed by atoms with van der Waals surface area (Å²) in [4.78, 5) is 71.5. The van der Waals surface area contributed by atoms with Crippen molar-refractivity contribution in [2.45, 2.75) is 389 Å². The van der Waals surface area contributed by atoms with Gasteiger partial charge in [-0.15, -0.1) is 0 Å². The van der Waals surface area contributed by atoms with Gasteiger partial charge in [0, 0.05) is 11.8 Å². The molecule has 0 radical (unpaired) electrons. The molecule has 0 aromatic heterocycles. The normalized spacial score (nSPS) is 30.5. The predicted octanol–water partition coefficient (Wildman–Crippen LogP) is 23.6. The molecule has 0 aromatic carbocycles. The lowest BCUT2D eigenvalue weighted by molar-refractivity contribution is -0.194. The molecule has 14 bridgehead atoms. The van der Waals surface area contributed by atoms with Crippen LogP contribution < -0.4 is 0 Å². The zero-order chi connectivity index (χ0) is 69.1. The Morgan fingerprint density at radius 3 is 1.07 bits per heavy atom. The van der Waals surface area contributed by atoms with Gasteiger partial charge in [-0.05, 0) is 307 Å². The van der Waals surface area contributed by atoms with Crippen molar-refractivity contribution in [3.8, 4) is 0 Å². The summed E-state index contributed by atoms with van der Waals surface area (Å²) in [5.74, 6) is 8.93. The molecule has 0 aromatic rings. The van der Waals surface area contributed by atoms with Crippen LogP contribution in [0.25, 0.3) is 0 Å². The monoisotopic (exact) mass is 1500 g/mol. The lowest BCUT2D eigenvalue weighted by Gasteiger charge is -2.56. The number of rotatable bonds is 26. The van der Waals surface area contributed by atoms with E-state index in [4.69, 9.17) is 47.4 Å². The van der Waals surface area contributed by atoms with E-state index >= 15 is 0 Å². The van der Waals surface area contributed by atoms with Crippen LogP contribution in [-0.4, -0.2) is 101 Å². The van der Waals surface area contributed by atoms with Crippen LogP contribution in [0.5, 0.6) is 0 Å². The van der Waals surface area contributed by atoms with E-state index in [1.807, 2.05) is 104 Å². The zero-order valence-electron chi connectivity index (χ0n) is 62.1. The van der Waals surface area contributed by atoms with Crippen molar-refractivity contribution in [3.05, 3.63) is 0 Å². The van der Waals surface area contributed by atoms with Gasteiger partial charge in [-0.1, -0.05) is 128 Å². The Kier molecular flexibility index (Phi) is 47.0. The van der Waals surface area contributed by atoms with E-state index in [9.17, 15) is 28.8 Å². The van der Waals surface area contributed by atoms with Gasteiger partial charge in [-0.25, -0.2) is 0 Å². The van der Waals surface area contributed by atoms with E-state index in [0.717, 1.165) is 130 Å². The molecule has 0 N–H and O–H groups in total. The molecule has 15 rings (SSSR count). The number of hydrogen-bond acceptors (Lipinski definition) is 16. The van der Waals surface area contributed by atoms with Crippen LogP contribution in [0.1, 0.15) is 364 Å². The highest BCUT2D eigenvalue weighted by atomic mass is 16.7. The number of hydrogen-bond donors (Lipinski definition) is 0. The highest BCUT2D eigenvalue weighted by Crippen LogP contribution is 2.60. The molecule has 8 unspecified atom stereocenters. The van der Waals surface area contributed by atoms with E-state index in [0.29, 0.717) is 35.4 Å². The number of ether oxygens (including phenoxy) is 10. The topological polar surface area (TPSA) is 195 Å². The second-order valence-electron chi connectivity index (χ2n) is 35.5. The van der Waals surface area contributed by atoms with Crippen LogP contribution in [0.15, 0.2) is 0 Å². The fourth-order valence-corrected chi connectivity index (χ4v) is 18.8. The Morgan fingerprint density at radius 1 is 0.343 bits per heavy atom. The van der Waals surface area contributed by atoms with E-state index in [1.54, 1.807) is 0 Å². The number of esters is 5. The second-order valence-corrected chi connectivity index (χ2v) is 35.5. The summed E-state index contributed by atoms with van der Waals surface area (Å²) < 4.78 is 55.1. The van der Waals surface area contributed by atoms with Crippen LogP contribution in [0.2, 0.25) is 0 Å². The minimum Gasteiger partial charge on any atom is -0.438 e. The largest absolute Gasteiger partial charge is 0.438 e. The van der Waals surface area contributed by atoms with Gasteiger partial charge in [0.25, 0.3) is 0 Å². The predicted molar refractivity (Wildman–Crippen MR) is 432 cm³/mol. The molecule has 0 spiro atoms. The molecule has 16 nitrogen and oxygen atoms in total. The number of carbonyl (C=O) groups is 6. The number of carbonyl (C=O) groups excluding carboxylic acids is 6. The lowest BCUT2D eigenvalue weighted by atomic mass is 9.50. The molecular formula is C89H172O16. The highest BCUT2D eigenvalue weighted by molar-refractivity contribution is 5.86. The third-order valence-electron chi connectivity index (χ3n) is 26.3. The summed E-state index contributed by atoms with van der Waals surface area (Å²) in [6.07, 6.45) is 35.4. The van der Waals surface area contributed by atoms with Crippen molar-refractivity contribution in [1.82, 2.24) is 0 Å². The molecule has 0 heterocycles. The molecule has 16 heteroatoms. The molecule has 0 aliphatic heterocycles. The molecule has 105 heavy (non-hydrogen) atoms. The van der Waals surface area contributed by atoms with E-state index < -0.39 is 27.1 Å². The molecular weight excluding hydrogens is 1320 g/mol. The van der Waals surface area contributed by atoms with E-state index in [1.165, 1.54) is 122 Å². The van der Waals surface area contributed by atoms with E-state index in [2.05, 4.69) is 0 Å². The van der Waals surface area contributed by atoms with Crippen molar-refractivity contribution < 1.29 is 76.1 Å². The first-order valence-corrected chi connectivity index (χ1v) is 38.4. The van der Waals surface area contributed by atoms with Crippen LogP contribution in [-0.2, 0) is 76.1 Å². The number of fused-ring (bicyclic) bond motifs is 2. The van der Waals surface area contributed by atoms with Crippen LogP contribution in [0.3, 0.4) is 0 Å². The standard InChI is InChI=1S/C18H30O3.C17H26O4.C17H28O3.C14H24O3.C13H24O3.10CH4/c1-4-17(2,3)16(19)21-12-20-11-18-8-13-5-14(9-18)7-15(6-13)10-18;1-4-17(2,3)16(19)21-9-20-15-12-6-10-5-11(8-12)14(18)13(15)7-10;1-4-17(2,3)16(18)20-10-19-15-13-6-11-5-12(8-13)9-14(15)7-11;1-4-14(2,3)13(15)17-9-16-12-8-10-5-6-11(12)7-10;1-4-13(2,3)12(14)16-10-15-11-8-6-5-7-9-11;;;;;;;;;;/h13-15H,4-12H2,1-3H3;10-13,15H,4-9H2,1-3H3;11-15H,4-10H2,1-3H3;10-12H,4-9H2,1-3H3;11H,4-10H2,1-3H3;10*1H4. The molecule has 15 fully saturated rings. The van der Waals surface area contributed by atoms with Gasteiger partial charge in [0.1, 0.15) is 5.78 Å². The first-order valence-electron chi connectivity index (χ1n) is 38.4. The summed E-state index contributed by atoms with van der Waals surface area (Å²) in [6.45, 7) is 30.4. The maximum atomic E-state index is 12.3. The maximum absolute atomic E-state index is 12.3. The summed E-state index contributed by atoms with van der Waals surface area (Å²) in [7, 11) is 0. The summed E-state index contributed by atoms with van der Waals surface area (Å²) in [6, 6.07) is 0. The van der Waals surface area contributed by atoms with Gasteiger partial charge < -0.3 is 47.4 Å². The SMILES string of the molecule is C.C.C.C.C.C.C.C.C.C.CCC(C)(C)C(=O)OCOC1C2CC3CC(C2)C(=O)C1C3.CCC(C)(C)C(=O)OCOC1C2CC3CC(C2)CC1C3.CCC(C)(C)C(=O)OCOC1CC2CCC1C2.CCC(C)(C)C(=O)OCOC1CCCCC1.CCC(C)(C)C(=O)OCOCC12CC3CC(CC(C3)C1)C2. The van der Waals surface area contributed by atoms with Crippen molar-refractivity contribution in [1.29, 1.82) is 0 Å². The fraction of sp³-hybridized carbons (Fsp3) is 0.933. The Balaban J connectivity index is -0.00000121. The fourth-order valence-electron chi connectivity index (χ4n) is 18.8. The van der Waals surface area contributed by atoms with Gasteiger partial charge in [0.15, 0.2) is 34.0 Å². The Hall–Kier alpha value is -3.18. The van der Waals surface area contributed by atoms with E-state index in [-0.39, 0.29) is 156 Å². The van der Waals surface area contributed by atoms with Crippen molar-refractivity contribution in [2.24, 2.45) is 109 Å². The van der Waals surface area contributed by atoms with Crippen molar-refractivity contribution in [2.75, 3.05) is 40.6 Å². The Bertz CT molecular complexity index is 2430. The molecule has 8 atom stereocenters. The number of Topliss-reactive ketones (excluding diaryl/α,β-unsaturated/α-hetero) is 1. The first kappa shape index (κ1) is 106. The molecule has 15 saturated carbocycles. The second kappa shape index (κ2) is 46.6. The van der Waals surface area contributed by atoms with Crippen LogP contribution in [0, 0.1) is 109 Å². The summed E-state index contributed by atoms with van der Waals surface area (Å²) in [5, 5.41) is 0. The quantitative estimate of drug-likeness (QED) is 0.0343. The minimum absolute atomic E-state index is 0. The third-order valence-corrected chi connectivity index (χ3v) is 26.3. The van der Waals surface area contributed by atoms with Gasteiger partial charge in [0.05, 0.1) is 58.1 Å². The van der Waals surface area contributed by atoms with Crippen LogP contribution >= 0.6 is 0 Å². The van der Waals surface area contributed by atoms with Crippen LogP contribution in [0.4, 0.5) is 0 Å². The molecule has 15 aliphatic rings. The third kappa shape index (κ3) is 28.5. The average molecular weight is 1500 g/mol. The smallest absolute Gasteiger partial charge is 0.313 e. The molecule has 624 valence electrons.